The molecule has 0 bridgehead atoms. The second-order valence-electron chi connectivity index (χ2n) is 8.13. The van der Waals surface area contributed by atoms with Crippen LogP contribution < -0.4 is 0 Å². The molecule has 0 heterocycles. The molecule has 0 aliphatic rings. The minimum Gasteiger partial charge on any atom is -0.100 e. The van der Waals surface area contributed by atoms with E-state index in [4.69, 9.17) is 0 Å². The molecule has 0 spiro atoms. The molecule has 0 saturated heterocycles. The Balaban J connectivity index is 3.36. The van der Waals surface area contributed by atoms with Gasteiger partial charge in [0.2, 0.25) is 0 Å². The molecule has 0 aromatic carbocycles. The molecular formula is C23H46. The largest absolute Gasteiger partial charge is 0.100 e. The van der Waals surface area contributed by atoms with E-state index in [1.807, 2.05) is 0 Å². The molecule has 0 saturated carbocycles. The standard InChI is InChI=1S/C23H46/c1-6-7-8-9-13-16-19-22(4)23(5)20-17-14-11-10-12-15-18-21(2)3/h22-23H,2,6-20H2,1,3-5H3. The maximum absolute atomic E-state index is 3.98. The molecule has 0 aliphatic carbocycles. The lowest BCUT2D eigenvalue weighted by Gasteiger charge is -2.19. The summed E-state index contributed by atoms with van der Waals surface area (Å²) in [6.45, 7) is 13.4. The van der Waals surface area contributed by atoms with Gasteiger partial charge in [-0.2, -0.15) is 0 Å². The molecule has 0 rings (SSSR count). The first-order valence-electron chi connectivity index (χ1n) is 10.7. The van der Waals surface area contributed by atoms with Gasteiger partial charge in [-0.1, -0.05) is 110 Å². The smallest absolute Gasteiger partial charge is 0.0326 e. The second kappa shape index (κ2) is 16.6. The fourth-order valence-electron chi connectivity index (χ4n) is 3.42. The fourth-order valence-corrected chi connectivity index (χ4v) is 3.42. The highest BCUT2D eigenvalue weighted by atomic mass is 14.2. The van der Waals surface area contributed by atoms with E-state index in [2.05, 4.69) is 34.3 Å². The Kier molecular flexibility index (Phi) is 16.4. The van der Waals surface area contributed by atoms with Crippen molar-refractivity contribution in [3.8, 4) is 0 Å². The lowest BCUT2D eigenvalue weighted by atomic mass is 9.86. The number of rotatable bonds is 17. The van der Waals surface area contributed by atoms with Gasteiger partial charge in [0.15, 0.2) is 0 Å². The van der Waals surface area contributed by atoms with E-state index in [0.717, 1.165) is 11.8 Å². The zero-order valence-corrected chi connectivity index (χ0v) is 17.0. The van der Waals surface area contributed by atoms with Crippen LogP contribution in [0.5, 0.6) is 0 Å². The van der Waals surface area contributed by atoms with Crippen LogP contribution in [-0.2, 0) is 0 Å². The molecule has 0 fully saturated rings. The highest BCUT2D eigenvalue weighted by molar-refractivity contribution is 4.86. The van der Waals surface area contributed by atoms with E-state index in [0.29, 0.717) is 0 Å². The third-order valence-corrected chi connectivity index (χ3v) is 5.50. The quantitative estimate of drug-likeness (QED) is 0.185. The third-order valence-electron chi connectivity index (χ3n) is 5.50. The molecule has 0 N–H and O–H groups in total. The predicted octanol–water partition coefficient (Wildman–Crippen LogP) is 8.71. The minimum atomic E-state index is 0.925. The van der Waals surface area contributed by atoms with Crippen molar-refractivity contribution in [2.24, 2.45) is 11.8 Å². The molecule has 0 aromatic heterocycles. The zero-order valence-electron chi connectivity index (χ0n) is 17.0. The highest BCUT2D eigenvalue weighted by Gasteiger charge is 2.11. The van der Waals surface area contributed by atoms with Crippen molar-refractivity contribution in [1.82, 2.24) is 0 Å². The molecule has 0 heteroatoms. The van der Waals surface area contributed by atoms with Gasteiger partial charge >= 0.3 is 0 Å². The Hall–Kier alpha value is -0.260. The van der Waals surface area contributed by atoms with Crippen molar-refractivity contribution in [2.45, 2.75) is 124 Å². The van der Waals surface area contributed by atoms with E-state index >= 15 is 0 Å². The van der Waals surface area contributed by atoms with Crippen LogP contribution in [0, 0.1) is 11.8 Å². The molecule has 23 heavy (non-hydrogen) atoms. The summed E-state index contributed by atoms with van der Waals surface area (Å²) in [5.74, 6) is 1.85. The molecule has 0 nitrogen and oxygen atoms in total. The SMILES string of the molecule is C=C(C)CCCCCCCCC(C)C(C)CCCCCCCC. The van der Waals surface area contributed by atoms with E-state index in [1.54, 1.807) is 0 Å². The van der Waals surface area contributed by atoms with E-state index in [1.165, 1.54) is 102 Å². The Bertz CT molecular complexity index is 253. The van der Waals surface area contributed by atoms with Crippen LogP contribution in [0.2, 0.25) is 0 Å². The Morgan fingerprint density at radius 1 is 0.652 bits per heavy atom. The average molecular weight is 323 g/mol. The van der Waals surface area contributed by atoms with Crippen molar-refractivity contribution in [3.05, 3.63) is 12.2 Å². The summed E-state index contributed by atoms with van der Waals surface area (Å²) < 4.78 is 0. The predicted molar refractivity (Wildman–Crippen MR) is 108 cm³/mol. The van der Waals surface area contributed by atoms with Gasteiger partial charge in [-0.3, -0.25) is 0 Å². The number of hydrogen-bond acceptors (Lipinski definition) is 0. The summed E-state index contributed by atoms with van der Waals surface area (Å²) in [6, 6.07) is 0. The van der Waals surface area contributed by atoms with Gasteiger partial charge in [0.05, 0.1) is 0 Å². The Morgan fingerprint density at radius 2 is 1.04 bits per heavy atom. The summed E-state index contributed by atoms with van der Waals surface area (Å²) in [4.78, 5) is 0. The number of allylic oxidation sites excluding steroid dienone is 1. The molecule has 0 amide bonds. The Morgan fingerprint density at radius 3 is 1.48 bits per heavy atom. The van der Waals surface area contributed by atoms with Gasteiger partial charge in [0, 0.05) is 0 Å². The number of unbranched alkanes of at least 4 members (excludes halogenated alkanes) is 10. The van der Waals surface area contributed by atoms with Gasteiger partial charge in [0.1, 0.15) is 0 Å². The molecule has 2 unspecified atom stereocenters. The van der Waals surface area contributed by atoms with E-state index in [-0.39, 0.29) is 0 Å². The summed E-state index contributed by atoms with van der Waals surface area (Å²) in [5, 5.41) is 0. The molecule has 0 radical (unpaired) electrons. The number of hydrogen-bond donors (Lipinski definition) is 0. The topological polar surface area (TPSA) is 0 Å². The first kappa shape index (κ1) is 22.7. The van der Waals surface area contributed by atoms with Gasteiger partial charge in [-0.25, -0.2) is 0 Å². The Labute approximate surface area is 148 Å². The average Bonchev–Trinajstić information content (AvgIpc) is 2.52. The summed E-state index contributed by atoms with van der Waals surface area (Å²) >= 11 is 0. The zero-order chi connectivity index (χ0) is 17.3. The first-order valence-corrected chi connectivity index (χ1v) is 10.7. The van der Waals surface area contributed by atoms with Crippen molar-refractivity contribution in [3.63, 3.8) is 0 Å². The van der Waals surface area contributed by atoms with Gasteiger partial charge in [0.25, 0.3) is 0 Å². The summed E-state index contributed by atoms with van der Waals surface area (Å²) in [7, 11) is 0. The molecule has 2 atom stereocenters. The third kappa shape index (κ3) is 16.4. The van der Waals surface area contributed by atoms with Gasteiger partial charge in [-0.15, -0.1) is 6.58 Å². The van der Waals surface area contributed by atoms with E-state index in [9.17, 15) is 0 Å². The van der Waals surface area contributed by atoms with Crippen LogP contribution in [-0.4, -0.2) is 0 Å². The van der Waals surface area contributed by atoms with Crippen LogP contribution in [0.1, 0.15) is 124 Å². The van der Waals surface area contributed by atoms with Crippen LogP contribution in [0.15, 0.2) is 12.2 Å². The van der Waals surface area contributed by atoms with Crippen LogP contribution in [0.3, 0.4) is 0 Å². The molecule has 138 valence electrons. The van der Waals surface area contributed by atoms with Crippen LogP contribution in [0.25, 0.3) is 0 Å². The van der Waals surface area contributed by atoms with Gasteiger partial charge in [-0.05, 0) is 31.6 Å². The van der Waals surface area contributed by atoms with Crippen molar-refractivity contribution in [2.75, 3.05) is 0 Å². The molecule has 0 aromatic rings. The fraction of sp³-hybridized carbons (Fsp3) is 0.913. The lowest BCUT2D eigenvalue weighted by molar-refractivity contribution is 0.322. The highest BCUT2D eigenvalue weighted by Crippen LogP contribution is 2.24. The molecular weight excluding hydrogens is 276 g/mol. The minimum absolute atomic E-state index is 0.925. The maximum Gasteiger partial charge on any atom is -0.0326 e. The van der Waals surface area contributed by atoms with E-state index < -0.39 is 0 Å². The normalized spacial score (nSPS) is 13.9. The van der Waals surface area contributed by atoms with Crippen molar-refractivity contribution in [1.29, 1.82) is 0 Å². The summed E-state index contributed by atoms with van der Waals surface area (Å²) in [6.07, 6.45) is 21.3. The van der Waals surface area contributed by atoms with Gasteiger partial charge < -0.3 is 0 Å². The monoisotopic (exact) mass is 322 g/mol. The molecule has 0 aliphatic heterocycles. The lowest BCUT2D eigenvalue weighted by Crippen LogP contribution is -2.08. The second-order valence-corrected chi connectivity index (χ2v) is 8.13. The maximum atomic E-state index is 3.98. The van der Waals surface area contributed by atoms with Crippen LogP contribution >= 0.6 is 0 Å². The summed E-state index contributed by atoms with van der Waals surface area (Å²) in [5.41, 5.74) is 1.35. The first-order chi connectivity index (χ1) is 11.1. The van der Waals surface area contributed by atoms with Crippen molar-refractivity contribution < 1.29 is 0 Å². The van der Waals surface area contributed by atoms with Crippen LogP contribution in [0.4, 0.5) is 0 Å². The van der Waals surface area contributed by atoms with Crippen molar-refractivity contribution >= 4 is 0 Å².